The molecule has 0 heterocycles. The summed E-state index contributed by atoms with van der Waals surface area (Å²) >= 11 is 0. The van der Waals surface area contributed by atoms with E-state index in [9.17, 15) is 0 Å². The molecule has 0 heteroatoms. The Hall–Kier alpha value is -7.80. The van der Waals surface area contributed by atoms with Crippen LogP contribution in [-0.2, 0) is 0 Å². The molecule has 0 aromatic heterocycles. The number of hydrogen-bond donors (Lipinski definition) is 0. The number of rotatable bonds is 5. The maximum absolute atomic E-state index is 2.47. The van der Waals surface area contributed by atoms with Crippen molar-refractivity contribution in [1.82, 2.24) is 0 Å². The van der Waals surface area contributed by atoms with Gasteiger partial charge in [0, 0.05) is 0 Å². The second-order valence-corrected chi connectivity index (χ2v) is 16.3. The van der Waals surface area contributed by atoms with Gasteiger partial charge in [0.2, 0.25) is 0 Å². The van der Waals surface area contributed by atoms with Gasteiger partial charge in [-0.2, -0.15) is 0 Å². The molecule has 60 heavy (non-hydrogen) atoms. The summed E-state index contributed by atoms with van der Waals surface area (Å²) in [6.45, 7) is 0. The van der Waals surface area contributed by atoms with E-state index >= 15 is 0 Å². The molecule has 0 aliphatic rings. The summed E-state index contributed by atoms with van der Waals surface area (Å²) in [6.07, 6.45) is 0. The molecule has 0 saturated heterocycles. The first-order valence-electron chi connectivity index (χ1n) is 20.9. The minimum atomic E-state index is 1.20. The fourth-order valence-corrected chi connectivity index (χ4v) is 10.5. The largest absolute Gasteiger partial charge is 0.0622 e. The molecule has 276 valence electrons. The molecule has 0 bridgehead atoms. The summed E-state index contributed by atoms with van der Waals surface area (Å²) in [5.41, 5.74) is 12.3. The SMILES string of the molecule is c1ccc(-c2ccc(-c3cc(-c4ccccc4)c(-c4ccc5ccc6cccc7ccc4c5c67)c4ccccc34)cc2-c2ccc3ccc4cccc5ccc2c3c45)cc1. The molecular formula is C60H36. The third kappa shape index (κ3) is 4.86. The lowest BCUT2D eigenvalue weighted by molar-refractivity contribution is 1.58. The summed E-state index contributed by atoms with van der Waals surface area (Å²) in [4.78, 5) is 0. The van der Waals surface area contributed by atoms with E-state index in [1.807, 2.05) is 0 Å². The summed E-state index contributed by atoms with van der Waals surface area (Å²) < 4.78 is 0. The molecule has 0 N–H and O–H groups in total. The van der Waals surface area contributed by atoms with Crippen LogP contribution >= 0.6 is 0 Å². The molecule has 0 unspecified atom stereocenters. The molecule has 0 saturated carbocycles. The van der Waals surface area contributed by atoms with Crippen LogP contribution in [0.1, 0.15) is 0 Å². The van der Waals surface area contributed by atoms with E-state index in [0.29, 0.717) is 0 Å². The van der Waals surface area contributed by atoms with E-state index in [0.717, 1.165) is 0 Å². The predicted octanol–water partition coefficient (Wildman–Crippen LogP) is 17.0. The Kier molecular flexibility index (Phi) is 7.11. The maximum atomic E-state index is 2.47. The molecule has 0 nitrogen and oxygen atoms in total. The van der Waals surface area contributed by atoms with Crippen molar-refractivity contribution in [3.63, 3.8) is 0 Å². The van der Waals surface area contributed by atoms with Crippen LogP contribution in [0.2, 0.25) is 0 Å². The fourth-order valence-electron chi connectivity index (χ4n) is 10.5. The fraction of sp³-hybridized carbons (Fsp3) is 0. The van der Waals surface area contributed by atoms with Crippen molar-refractivity contribution in [2.75, 3.05) is 0 Å². The van der Waals surface area contributed by atoms with Crippen LogP contribution in [-0.4, -0.2) is 0 Å². The molecule has 0 amide bonds. The highest BCUT2D eigenvalue weighted by Crippen LogP contribution is 2.49. The van der Waals surface area contributed by atoms with E-state index in [1.54, 1.807) is 0 Å². The lowest BCUT2D eigenvalue weighted by Crippen LogP contribution is -1.95. The van der Waals surface area contributed by atoms with Gasteiger partial charge in [0.15, 0.2) is 0 Å². The highest BCUT2D eigenvalue weighted by Gasteiger charge is 2.22. The summed E-state index contributed by atoms with van der Waals surface area (Å²) in [5, 5.41) is 18.1. The lowest BCUT2D eigenvalue weighted by Gasteiger charge is -2.21. The first-order chi connectivity index (χ1) is 29.8. The first-order valence-corrected chi connectivity index (χ1v) is 20.9. The van der Waals surface area contributed by atoms with Crippen molar-refractivity contribution in [2.24, 2.45) is 0 Å². The molecule has 0 atom stereocenters. The molecule has 13 aromatic rings. The van der Waals surface area contributed by atoms with Gasteiger partial charge in [0.1, 0.15) is 0 Å². The van der Waals surface area contributed by atoms with Gasteiger partial charge in [0.05, 0.1) is 0 Å². The van der Waals surface area contributed by atoms with E-state index in [4.69, 9.17) is 0 Å². The Morgan fingerprint density at radius 2 is 0.633 bits per heavy atom. The standard InChI is InChI=1S/C60H36/c1-3-11-37(12-4-1)46-30-29-45(35-55(46)48-31-25-43-23-21-39-15-9-17-41-26-32-50(48)58(43)56(39)41)53-36-54(38-13-5-2-6-14-38)60(49-20-8-7-19-47(49)53)52-34-28-44-24-22-40-16-10-18-42-27-33-51(52)59(44)57(40)42/h1-36H. The molecule has 0 spiro atoms. The van der Waals surface area contributed by atoms with Gasteiger partial charge in [-0.15, -0.1) is 0 Å². The minimum Gasteiger partial charge on any atom is -0.0622 e. The highest BCUT2D eigenvalue weighted by molar-refractivity contribution is 6.28. The maximum Gasteiger partial charge on any atom is -0.00201 e. The molecule has 0 radical (unpaired) electrons. The number of hydrogen-bond acceptors (Lipinski definition) is 0. The monoisotopic (exact) mass is 756 g/mol. The summed E-state index contributed by atoms with van der Waals surface area (Å²) in [5.74, 6) is 0. The van der Waals surface area contributed by atoms with Crippen LogP contribution in [0.4, 0.5) is 0 Å². The molecule has 0 fully saturated rings. The van der Waals surface area contributed by atoms with E-state index in [-0.39, 0.29) is 0 Å². The third-order valence-electron chi connectivity index (χ3n) is 13.2. The molecule has 0 aliphatic heterocycles. The van der Waals surface area contributed by atoms with Gasteiger partial charge < -0.3 is 0 Å². The minimum absolute atomic E-state index is 1.20. The average molecular weight is 757 g/mol. The molecular weight excluding hydrogens is 721 g/mol. The van der Waals surface area contributed by atoms with Crippen LogP contribution in [0.15, 0.2) is 218 Å². The Morgan fingerprint density at radius 3 is 1.23 bits per heavy atom. The van der Waals surface area contributed by atoms with Crippen molar-refractivity contribution in [1.29, 1.82) is 0 Å². The third-order valence-corrected chi connectivity index (χ3v) is 13.2. The molecule has 0 aliphatic carbocycles. The van der Waals surface area contributed by atoms with E-state index < -0.39 is 0 Å². The van der Waals surface area contributed by atoms with Crippen molar-refractivity contribution in [2.45, 2.75) is 0 Å². The van der Waals surface area contributed by atoms with Crippen LogP contribution in [0.3, 0.4) is 0 Å². The smallest absolute Gasteiger partial charge is 0.00201 e. The van der Waals surface area contributed by atoms with Crippen LogP contribution in [0.25, 0.3) is 131 Å². The van der Waals surface area contributed by atoms with Crippen LogP contribution in [0.5, 0.6) is 0 Å². The quantitative estimate of drug-likeness (QED) is 0.153. The number of fused-ring (bicyclic) bond motifs is 1. The number of benzene rings is 13. The van der Waals surface area contributed by atoms with Gasteiger partial charge in [-0.3, -0.25) is 0 Å². The van der Waals surface area contributed by atoms with Crippen molar-refractivity contribution in [3.05, 3.63) is 218 Å². The molecule has 13 aromatic carbocycles. The van der Waals surface area contributed by atoms with Crippen molar-refractivity contribution in [3.8, 4) is 55.6 Å². The van der Waals surface area contributed by atoms with Gasteiger partial charge in [-0.1, -0.05) is 206 Å². The lowest BCUT2D eigenvalue weighted by atomic mass is 9.82. The summed E-state index contributed by atoms with van der Waals surface area (Å²) in [6, 6.07) is 81.6. The van der Waals surface area contributed by atoms with E-state index in [2.05, 4.69) is 218 Å². The van der Waals surface area contributed by atoms with Gasteiger partial charge >= 0.3 is 0 Å². The zero-order valence-corrected chi connectivity index (χ0v) is 32.8. The van der Waals surface area contributed by atoms with Crippen molar-refractivity contribution < 1.29 is 0 Å². The van der Waals surface area contributed by atoms with Crippen LogP contribution in [0, 0.1) is 0 Å². The van der Waals surface area contributed by atoms with Crippen molar-refractivity contribution >= 4 is 75.4 Å². The van der Waals surface area contributed by atoms with Crippen LogP contribution < -0.4 is 0 Å². The Labute approximate surface area is 347 Å². The normalized spacial score (nSPS) is 12.0. The second-order valence-electron chi connectivity index (χ2n) is 16.3. The van der Waals surface area contributed by atoms with E-state index in [1.165, 1.54) is 131 Å². The van der Waals surface area contributed by atoms with Gasteiger partial charge in [-0.25, -0.2) is 0 Å². The summed E-state index contributed by atoms with van der Waals surface area (Å²) in [7, 11) is 0. The highest BCUT2D eigenvalue weighted by atomic mass is 14.2. The zero-order chi connectivity index (χ0) is 39.3. The Bertz CT molecular complexity index is 3770. The average Bonchev–Trinajstić information content (AvgIpc) is 3.32. The Morgan fingerprint density at radius 1 is 0.183 bits per heavy atom. The van der Waals surface area contributed by atoms with Gasteiger partial charge in [-0.05, 0) is 143 Å². The Balaban J connectivity index is 1.11. The zero-order valence-electron chi connectivity index (χ0n) is 32.8. The van der Waals surface area contributed by atoms with Gasteiger partial charge in [0.25, 0.3) is 0 Å². The predicted molar refractivity (Wildman–Crippen MR) is 259 cm³/mol. The molecule has 13 rings (SSSR count). The second kappa shape index (κ2) is 12.9. The topological polar surface area (TPSA) is 0 Å². The first kappa shape index (κ1) is 33.2.